The fourth-order valence-electron chi connectivity index (χ4n) is 2.60. The molecule has 2 bridgehead atoms. The van der Waals surface area contributed by atoms with Crippen molar-refractivity contribution < 1.29 is 0 Å². The van der Waals surface area contributed by atoms with E-state index in [2.05, 4.69) is 50.4 Å². The third-order valence-corrected chi connectivity index (χ3v) is 3.38. The molecule has 1 fully saturated rings. The average molecular weight is 206 g/mol. The van der Waals surface area contributed by atoms with Crippen LogP contribution in [0.15, 0.2) is 17.3 Å². The van der Waals surface area contributed by atoms with Crippen LogP contribution in [0.3, 0.4) is 0 Å². The van der Waals surface area contributed by atoms with Gasteiger partial charge in [-0.1, -0.05) is 12.2 Å². The summed E-state index contributed by atoms with van der Waals surface area (Å²) in [7, 11) is 0. The molecule has 1 saturated carbocycles. The van der Waals surface area contributed by atoms with Gasteiger partial charge in [-0.15, -0.1) is 0 Å². The van der Waals surface area contributed by atoms with E-state index in [1.807, 2.05) is 0 Å². The topological polar surface area (TPSA) is 24.4 Å². The minimum atomic E-state index is 0.0781. The van der Waals surface area contributed by atoms with Crippen LogP contribution >= 0.6 is 0 Å². The predicted octanol–water partition coefficient (Wildman–Crippen LogP) is 2.96. The summed E-state index contributed by atoms with van der Waals surface area (Å²) in [6.45, 7) is 8.59. The van der Waals surface area contributed by atoms with Crippen molar-refractivity contribution >= 4 is 5.71 Å². The predicted molar refractivity (Wildman–Crippen MR) is 64.8 cm³/mol. The first kappa shape index (κ1) is 10.7. The zero-order valence-electron chi connectivity index (χ0n) is 10.2. The first-order chi connectivity index (χ1) is 6.96. The van der Waals surface area contributed by atoms with E-state index in [0.717, 1.165) is 11.8 Å². The molecule has 2 heteroatoms. The van der Waals surface area contributed by atoms with Crippen molar-refractivity contribution in [1.82, 2.24) is 5.43 Å². The van der Waals surface area contributed by atoms with Crippen LogP contribution in [0.1, 0.15) is 40.5 Å². The summed E-state index contributed by atoms with van der Waals surface area (Å²) in [6, 6.07) is 0. The van der Waals surface area contributed by atoms with Gasteiger partial charge in [-0.05, 0) is 52.4 Å². The van der Waals surface area contributed by atoms with Crippen molar-refractivity contribution in [3.8, 4) is 0 Å². The number of nitrogens with zero attached hydrogens (tertiary/aromatic N) is 1. The Labute approximate surface area is 92.8 Å². The van der Waals surface area contributed by atoms with E-state index in [0.29, 0.717) is 5.92 Å². The van der Waals surface area contributed by atoms with E-state index in [4.69, 9.17) is 0 Å². The van der Waals surface area contributed by atoms with Crippen LogP contribution in [0.4, 0.5) is 0 Å². The van der Waals surface area contributed by atoms with Gasteiger partial charge in [0.2, 0.25) is 0 Å². The number of rotatable bonds is 2. The summed E-state index contributed by atoms with van der Waals surface area (Å²) >= 11 is 0. The number of hydrogen-bond donors (Lipinski definition) is 1. The maximum Gasteiger partial charge on any atom is 0.0464 e. The highest BCUT2D eigenvalue weighted by Gasteiger charge is 2.37. The first-order valence-corrected chi connectivity index (χ1v) is 5.95. The Morgan fingerprint density at radius 1 is 1.27 bits per heavy atom. The van der Waals surface area contributed by atoms with Gasteiger partial charge in [0.1, 0.15) is 0 Å². The van der Waals surface area contributed by atoms with E-state index < -0.39 is 0 Å². The molecule has 2 aliphatic rings. The maximum absolute atomic E-state index is 4.53. The summed E-state index contributed by atoms with van der Waals surface area (Å²) in [5.74, 6) is 2.29. The molecule has 84 valence electrons. The zero-order chi connectivity index (χ0) is 11.1. The fourth-order valence-corrected chi connectivity index (χ4v) is 2.60. The standard InChI is InChI=1S/C13H22N2/c1-9(14-15-13(2,3)4)12-8-10-5-6-11(12)7-10/h5-6,10-12,15H,7-8H2,1-4H3. The molecule has 2 rings (SSSR count). The highest BCUT2D eigenvalue weighted by molar-refractivity contribution is 5.85. The Morgan fingerprint density at radius 3 is 2.47 bits per heavy atom. The molecule has 15 heavy (non-hydrogen) atoms. The Hall–Kier alpha value is -0.790. The van der Waals surface area contributed by atoms with Crippen LogP contribution in [0, 0.1) is 17.8 Å². The highest BCUT2D eigenvalue weighted by Crippen LogP contribution is 2.43. The summed E-state index contributed by atoms with van der Waals surface area (Å²) < 4.78 is 0. The van der Waals surface area contributed by atoms with Gasteiger partial charge in [0.05, 0.1) is 0 Å². The van der Waals surface area contributed by atoms with Crippen LogP contribution < -0.4 is 5.43 Å². The molecule has 0 aromatic rings. The smallest absolute Gasteiger partial charge is 0.0464 e. The molecule has 0 heterocycles. The number of hydrazone groups is 1. The van der Waals surface area contributed by atoms with E-state index >= 15 is 0 Å². The molecule has 0 amide bonds. The monoisotopic (exact) mass is 206 g/mol. The lowest BCUT2D eigenvalue weighted by Gasteiger charge is -2.22. The van der Waals surface area contributed by atoms with Crippen LogP contribution in [-0.2, 0) is 0 Å². The number of fused-ring (bicyclic) bond motifs is 2. The molecule has 0 saturated heterocycles. The van der Waals surface area contributed by atoms with Gasteiger partial charge in [-0.2, -0.15) is 5.10 Å². The Kier molecular flexibility index (Phi) is 2.61. The van der Waals surface area contributed by atoms with Gasteiger partial charge in [-0.25, -0.2) is 0 Å². The average Bonchev–Trinajstić information content (AvgIpc) is 2.73. The van der Waals surface area contributed by atoms with Crippen LogP contribution in [0.5, 0.6) is 0 Å². The number of allylic oxidation sites excluding steroid dienone is 2. The number of hydrogen-bond acceptors (Lipinski definition) is 2. The number of nitrogens with one attached hydrogen (secondary N) is 1. The SMILES string of the molecule is CC(=NNC(C)(C)C)C1CC2C=CC1C2. The molecule has 0 aromatic carbocycles. The van der Waals surface area contributed by atoms with Crippen molar-refractivity contribution in [2.24, 2.45) is 22.9 Å². The Morgan fingerprint density at radius 2 is 2.00 bits per heavy atom. The molecule has 0 radical (unpaired) electrons. The van der Waals surface area contributed by atoms with Crippen molar-refractivity contribution in [1.29, 1.82) is 0 Å². The van der Waals surface area contributed by atoms with E-state index in [-0.39, 0.29) is 5.54 Å². The fraction of sp³-hybridized carbons (Fsp3) is 0.769. The summed E-state index contributed by atoms with van der Waals surface area (Å²) in [5, 5.41) is 4.53. The van der Waals surface area contributed by atoms with Crippen molar-refractivity contribution in [2.45, 2.75) is 46.1 Å². The quantitative estimate of drug-likeness (QED) is 0.419. The van der Waals surface area contributed by atoms with E-state index in [9.17, 15) is 0 Å². The second kappa shape index (κ2) is 3.66. The van der Waals surface area contributed by atoms with Gasteiger partial charge in [0.25, 0.3) is 0 Å². The Bertz CT molecular complexity index is 296. The minimum Gasteiger partial charge on any atom is -0.305 e. The third kappa shape index (κ3) is 2.42. The van der Waals surface area contributed by atoms with E-state index in [1.165, 1.54) is 18.6 Å². The second-order valence-corrected chi connectivity index (χ2v) is 6.00. The van der Waals surface area contributed by atoms with Gasteiger partial charge < -0.3 is 5.43 Å². The molecule has 2 aliphatic carbocycles. The Balaban J connectivity index is 1.97. The molecular weight excluding hydrogens is 184 g/mol. The normalized spacial score (nSPS) is 34.9. The molecule has 0 spiro atoms. The molecule has 3 unspecified atom stereocenters. The molecule has 3 atom stereocenters. The van der Waals surface area contributed by atoms with Gasteiger partial charge in [-0.3, -0.25) is 0 Å². The molecule has 2 nitrogen and oxygen atoms in total. The lowest BCUT2D eigenvalue weighted by Crippen LogP contribution is -2.33. The molecule has 1 N–H and O–H groups in total. The summed E-state index contributed by atoms with van der Waals surface area (Å²) in [5.41, 5.74) is 4.58. The van der Waals surface area contributed by atoms with Crippen molar-refractivity contribution in [3.63, 3.8) is 0 Å². The first-order valence-electron chi connectivity index (χ1n) is 5.95. The second-order valence-electron chi connectivity index (χ2n) is 6.00. The summed E-state index contributed by atoms with van der Waals surface area (Å²) in [6.07, 6.45) is 7.43. The van der Waals surface area contributed by atoms with Crippen LogP contribution in [0.25, 0.3) is 0 Å². The zero-order valence-corrected chi connectivity index (χ0v) is 10.2. The third-order valence-electron chi connectivity index (χ3n) is 3.38. The minimum absolute atomic E-state index is 0.0781. The maximum atomic E-state index is 4.53. The largest absolute Gasteiger partial charge is 0.305 e. The lowest BCUT2D eigenvalue weighted by molar-refractivity contribution is 0.436. The molecule has 0 aromatic heterocycles. The summed E-state index contributed by atoms with van der Waals surface area (Å²) in [4.78, 5) is 0. The molecule has 0 aliphatic heterocycles. The highest BCUT2D eigenvalue weighted by atomic mass is 15.3. The van der Waals surface area contributed by atoms with Crippen molar-refractivity contribution in [2.75, 3.05) is 0 Å². The van der Waals surface area contributed by atoms with Crippen LogP contribution in [0.2, 0.25) is 0 Å². The van der Waals surface area contributed by atoms with Gasteiger partial charge in [0.15, 0.2) is 0 Å². The van der Waals surface area contributed by atoms with E-state index in [1.54, 1.807) is 0 Å². The van der Waals surface area contributed by atoms with Gasteiger partial charge >= 0.3 is 0 Å². The molecular formula is C13H22N2. The van der Waals surface area contributed by atoms with Gasteiger partial charge in [0, 0.05) is 17.2 Å². The lowest BCUT2D eigenvalue weighted by atomic mass is 9.90. The van der Waals surface area contributed by atoms with Crippen molar-refractivity contribution in [3.05, 3.63) is 12.2 Å². The van der Waals surface area contributed by atoms with Crippen LogP contribution in [-0.4, -0.2) is 11.3 Å².